The van der Waals surface area contributed by atoms with Gasteiger partial charge in [0.2, 0.25) is 0 Å². The normalized spacial score (nSPS) is 13.1. The van der Waals surface area contributed by atoms with Gasteiger partial charge >= 0.3 is 0 Å². The van der Waals surface area contributed by atoms with Crippen LogP contribution in [0.2, 0.25) is 0 Å². The Hall–Kier alpha value is -3.21. The fourth-order valence-corrected chi connectivity index (χ4v) is 4.28. The molecule has 0 radical (unpaired) electrons. The number of carbonyl (C=O) groups excluding carboxylic acids is 1. The maximum absolute atomic E-state index is 13.1. The van der Waals surface area contributed by atoms with Crippen LogP contribution in [0.15, 0.2) is 53.3 Å². The van der Waals surface area contributed by atoms with Crippen LogP contribution in [0.3, 0.4) is 0 Å². The molecule has 4 rings (SSSR count). The van der Waals surface area contributed by atoms with Gasteiger partial charge in [-0.1, -0.05) is 62.1 Å². The zero-order chi connectivity index (χ0) is 22.5. The number of aromatic amines is 1. The molecule has 2 heterocycles. The first-order valence-electron chi connectivity index (χ1n) is 11.6. The van der Waals surface area contributed by atoms with Gasteiger partial charge in [0.05, 0.1) is 17.8 Å². The highest BCUT2D eigenvalue weighted by Crippen LogP contribution is 2.21. The van der Waals surface area contributed by atoms with Gasteiger partial charge in [-0.3, -0.25) is 9.59 Å². The molecular formula is C27H31N3O2. The number of aromatic nitrogens is 2. The smallest absolute Gasteiger partial charge is 0.256 e. The average Bonchev–Trinajstić information content (AvgIpc) is 2.81. The Morgan fingerprint density at radius 1 is 1.09 bits per heavy atom. The lowest BCUT2D eigenvalue weighted by atomic mass is 10.0. The maximum Gasteiger partial charge on any atom is 0.256 e. The van der Waals surface area contributed by atoms with E-state index >= 15 is 0 Å². The lowest BCUT2D eigenvalue weighted by molar-refractivity contribution is 0.0732. The van der Waals surface area contributed by atoms with Crippen LogP contribution < -0.4 is 5.56 Å². The third-order valence-electron chi connectivity index (χ3n) is 6.17. The van der Waals surface area contributed by atoms with Crippen molar-refractivity contribution in [3.8, 4) is 11.4 Å². The minimum atomic E-state index is -0.161. The number of unbranched alkanes of at least 4 members (excludes halogenated alkanes) is 3. The Kier molecular flexibility index (Phi) is 6.84. The fourth-order valence-electron chi connectivity index (χ4n) is 4.28. The molecule has 2 aromatic carbocycles. The average molecular weight is 430 g/mol. The summed E-state index contributed by atoms with van der Waals surface area (Å²) in [5, 5.41) is 0. The van der Waals surface area contributed by atoms with Crippen LogP contribution in [0.1, 0.15) is 65.3 Å². The molecular weight excluding hydrogens is 398 g/mol. The zero-order valence-electron chi connectivity index (χ0n) is 19.0. The van der Waals surface area contributed by atoms with Gasteiger partial charge in [-0.15, -0.1) is 0 Å². The number of benzene rings is 2. The second-order valence-electron chi connectivity index (χ2n) is 8.69. The standard InChI is InChI=1S/C27H31N3O2/c1-3-4-5-6-9-20-11-13-21(14-12-20)27(32)30-16-15-24-23(18-30)26(31)29-25(28-24)22-10-7-8-19(2)17-22/h7-8,10-14,17H,3-6,9,15-16,18H2,1-2H3,(H,28,29,31). The maximum atomic E-state index is 13.1. The number of H-pyrrole nitrogens is 1. The van der Waals surface area contributed by atoms with E-state index in [-0.39, 0.29) is 11.5 Å². The molecule has 0 aliphatic carbocycles. The number of hydrogen-bond acceptors (Lipinski definition) is 3. The van der Waals surface area contributed by atoms with E-state index in [9.17, 15) is 9.59 Å². The third-order valence-corrected chi connectivity index (χ3v) is 6.17. The van der Waals surface area contributed by atoms with E-state index in [0.717, 1.165) is 23.2 Å². The van der Waals surface area contributed by atoms with Gasteiger partial charge in [-0.25, -0.2) is 4.98 Å². The second kappa shape index (κ2) is 9.94. The van der Waals surface area contributed by atoms with Crippen LogP contribution >= 0.6 is 0 Å². The number of nitrogens with zero attached hydrogens (tertiary/aromatic N) is 2. The number of nitrogens with one attached hydrogen (secondary N) is 1. The molecule has 0 saturated heterocycles. The van der Waals surface area contributed by atoms with Gasteiger partial charge in [-0.05, 0) is 43.5 Å². The van der Waals surface area contributed by atoms with Gasteiger partial charge < -0.3 is 9.88 Å². The molecule has 1 aliphatic rings. The number of rotatable bonds is 7. The quantitative estimate of drug-likeness (QED) is 0.534. The van der Waals surface area contributed by atoms with Crippen LogP contribution in [-0.2, 0) is 19.4 Å². The summed E-state index contributed by atoms with van der Waals surface area (Å²) < 4.78 is 0. The molecule has 1 N–H and O–H groups in total. The van der Waals surface area contributed by atoms with Gasteiger partial charge in [0.1, 0.15) is 5.82 Å². The van der Waals surface area contributed by atoms with Crippen molar-refractivity contribution in [1.29, 1.82) is 0 Å². The monoisotopic (exact) mass is 429 g/mol. The summed E-state index contributed by atoms with van der Waals surface area (Å²) in [5.41, 5.74) is 5.18. The molecule has 0 fully saturated rings. The Balaban J connectivity index is 1.46. The van der Waals surface area contributed by atoms with E-state index in [4.69, 9.17) is 4.98 Å². The highest BCUT2D eigenvalue weighted by molar-refractivity contribution is 5.94. The molecule has 0 spiro atoms. The van der Waals surface area contributed by atoms with E-state index < -0.39 is 0 Å². The summed E-state index contributed by atoms with van der Waals surface area (Å²) in [7, 11) is 0. The van der Waals surface area contributed by atoms with Crippen molar-refractivity contribution in [3.05, 3.63) is 86.8 Å². The van der Waals surface area contributed by atoms with Crippen molar-refractivity contribution in [1.82, 2.24) is 14.9 Å². The molecule has 5 heteroatoms. The summed E-state index contributed by atoms with van der Waals surface area (Å²) in [5.74, 6) is 0.557. The topological polar surface area (TPSA) is 66.1 Å². The first-order valence-corrected chi connectivity index (χ1v) is 11.6. The molecule has 0 bridgehead atoms. The molecule has 0 atom stereocenters. The van der Waals surface area contributed by atoms with Crippen molar-refractivity contribution in [2.24, 2.45) is 0 Å². The molecule has 1 aliphatic heterocycles. The number of fused-ring (bicyclic) bond motifs is 1. The predicted octanol–water partition coefficient (Wildman–Crippen LogP) is 5.07. The number of hydrogen-bond donors (Lipinski definition) is 1. The Morgan fingerprint density at radius 2 is 1.91 bits per heavy atom. The Labute approximate surface area is 189 Å². The van der Waals surface area contributed by atoms with Crippen LogP contribution in [-0.4, -0.2) is 27.3 Å². The fraction of sp³-hybridized carbons (Fsp3) is 0.370. The second-order valence-corrected chi connectivity index (χ2v) is 8.69. The van der Waals surface area contributed by atoms with Crippen molar-refractivity contribution >= 4 is 5.91 Å². The molecule has 1 amide bonds. The van der Waals surface area contributed by atoms with Crippen LogP contribution in [0.4, 0.5) is 0 Å². The summed E-state index contributed by atoms with van der Waals surface area (Å²) in [6, 6.07) is 15.9. The SMILES string of the molecule is CCCCCCc1ccc(C(=O)N2CCc3nc(-c4cccc(C)c4)[nH]c(=O)c3C2)cc1. The summed E-state index contributed by atoms with van der Waals surface area (Å²) in [6.45, 7) is 5.09. The molecule has 1 aromatic heterocycles. The molecule has 3 aromatic rings. The minimum Gasteiger partial charge on any atom is -0.334 e. The Morgan fingerprint density at radius 3 is 2.66 bits per heavy atom. The molecule has 166 valence electrons. The van der Waals surface area contributed by atoms with E-state index in [0.29, 0.717) is 36.5 Å². The number of aryl methyl sites for hydroxylation is 2. The van der Waals surface area contributed by atoms with Crippen molar-refractivity contribution in [2.75, 3.05) is 6.54 Å². The lowest BCUT2D eigenvalue weighted by Gasteiger charge is -2.28. The predicted molar refractivity (Wildman–Crippen MR) is 128 cm³/mol. The van der Waals surface area contributed by atoms with Crippen molar-refractivity contribution in [2.45, 2.75) is 58.9 Å². The van der Waals surface area contributed by atoms with E-state index in [1.807, 2.05) is 43.3 Å². The Bertz CT molecular complexity index is 1150. The first-order chi connectivity index (χ1) is 15.5. The van der Waals surface area contributed by atoms with Crippen molar-refractivity contribution in [3.63, 3.8) is 0 Å². The van der Waals surface area contributed by atoms with Gasteiger partial charge in [0, 0.05) is 24.1 Å². The zero-order valence-corrected chi connectivity index (χ0v) is 19.0. The lowest BCUT2D eigenvalue weighted by Crippen LogP contribution is -2.39. The van der Waals surface area contributed by atoms with Crippen LogP contribution in [0.5, 0.6) is 0 Å². The van der Waals surface area contributed by atoms with Gasteiger partial charge in [0.25, 0.3) is 11.5 Å². The summed E-state index contributed by atoms with van der Waals surface area (Å²) in [4.78, 5) is 35.2. The molecule has 5 nitrogen and oxygen atoms in total. The number of carbonyl (C=O) groups is 1. The first kappa shape index (κ1) is 22.0. The van der Waals surface area contributed by atoms with E-state index in [1.54, 1.807) is 4.90 Å². The van der Waals surface area contributed by atoms with E-state index in [1.165, 1.54) is 31.2 Å². The minimum absolute atomic E-state index is 0.0321. The highest BCUT2D eigenvalue weighted by Gasteiger charge is 2.25. The van der Waals surface area contributed by atoms with Gasteiger partial charge in [0.15, 0.2) is 0 Å². The van der Waals surface area contributed by atoms with Crippen molar-refractivity contribution < 1.29 is 4.79 Å². The molecule has 32 heavy (non-hydrogen) atoms. The number of amides is 1. The third kappa shape index (κ3) is 4.98. The van der Waals surface area contributed by atoms with Crippen LogP contribution in [0.25, 0.3) is 11.4 Å². The largest absolute Gasteiger partial charge is 0.334 e. The molecule has 0 unspecified atom stereocenters. The summed E-state index contributed by atoms with van der Waals surface area (Å²) in [6.07, 6.45) is 6.57. The van der Waals surface area contributed by atoms with E-state index in [2.05, 4.69) is 24.0 Å². The highest BCUT2D eigenvalue weighted by atomic mass is 16.2. The summed E-state index contributed by atoms with van der Waals surface area (Å²) >= 11 is 0. The van der Waals surface area contributed by atoms with Gasteiger partial charge in [-0.2, -0.15) is 0 Å². The molecule has 0 saturated carbocycles. The van der Waals surface area contributed by atoms with Crippen LogP contribution in [0, 0.1) is 6.92 Å².